The topological polar surface area (TPSA) is 63.1 Å². The molecule has 0 radical (unpaired) electrons. The number of nitrogens with zero attached hydrogens (tertiary/aromatic N) is 1. The van der Waals surface area contributed by atoms with Gasteiger partial charge in [-0.2, -0.15) is 0 Å². The second kappa shape index (κ2) is 8.44. The number of hydrogen-bond donors (Lipinski definition) is 2. The van der Waals surface area contributed by atoms with Gasteiger partial charge in [0.05, 0.1) is 19.9 Å². The van der Waals surface area contributed by atoms with Crippen molar-refractivity contribution in [1.29, 1.82) is 0 Å². The van der Waals surface area contributed by atoms with Gasteiger partial charge in [0, 0.05) is 24.4 Å². The molecule has 1 saturated heterocycles. The van der Waals surface area contributed by atoms with Crippen LogP contribution < -0.4 is 14.8 Å². The highest BCUT2D eigenvalue weighted by Gasteiger charge is 2.38. The lowest BCUT2D eigenvalue weighted by atomic mass is 9.75. The number of rotatable bonds is 5. The zero-order valence-electron chi connectivity index (χ0n) is 16.3. The second-order valence-electron chi connectivity index (χ2n) is 7.31. The van der Waals surface area contributed by atoms with E-state index < -0.39 is 0 Å². The summed E-state index contributed by atoms with van der Waals surface area (Å²) in [7, 11) is 3.33. The summed E-state index contributed by atoms with van der Waals surface area (Å²) in [6, 6.07) is 16.3. The van der Waals surface area contributed by atoms with E-state index in [1.165, 1.54) is 0 Å². The fraction of sp³-hybridized carbons (Fsp3) is 0.409. The molecule has 0 aliphatic carbocycles. The number of nitrogens with one attached hydrogen (secondary N) is 1. The number of oxime groups is 1. The first-order chi connectivity index (χ1) is 13.1. The van der Waals surface area contributed by atoms with E-state index in [0.29, 0.717) is 12.3 Å². The maximum absolute atomic E-state index is 9.72. The summed E-state index contributed by atoms with van der Waals surface area (Å²) in [6.45, 7) is 4.34. The van der Waals surface area contributed by atoms with E-state index in [9.17, 15) is 5.21 Å². The van der Waals surface area contributed by atoms with E-state index in [4.69, 9.17) is 9.47 Å². The molecule has 1 aliphatic heterocycles. The average Bonchev–Trinajstić information content (AvgIpc) is 2.72. The minimum atomic E-state index is 0.0580. The standard InChI is InChI=1S/C22H28N2O3/c1-14(2)21-20(24-25)13-19(15-5-9-17(26-3)10-6-15)23-22(21)16-7-11-18(27-4)12-8-16/h5-12,14,19,21-23,25H,13H2,1-4H3/b24-20+/t19-,21-,22+/m0/s1. The summed E-state index contributed by atoms with van der Waals surface area (Å²) in [5.41, 5.74) is 3.15. The average molecular weight is 368 g/mol. The molecule has 5 nitrogen and oxygen atoms in total. The zero-order valence-corrected chi connectivity index (χ0v) is 16.3. The molecule has 0 aromatic heterocycles. The van der Waals surface area contributed by atoms with Crippen molar-refractivity contribution in [3.63, 3.8) is 0 Å². The molecule has 0 unspecified atom stereocenters. The predicted octanol–water partition coefficient (Wildman–Crippen LogP) is 4.58. The van der Waals surface area contributed by atoms with Crippen molar-refractivity contribution in [2.45, 2.75) is 32.4 Å². The van der Waals surface area contributed by atoms with Crippen LogP contribution in [0.3, 0.4) is 0 Å². The van der Waals surface area contributed by atoms with E-state index in [-0.39, 0.29) is 18.0 Å². The van der Waals surface area contributed by atoms with Crippen LogP contribution in [0, 0.1) is 11.8 Å². The van der Waals surface area contributed by atoms with E-state index in [1.54, 1.807) is 14.2 Å². The van der Waals surface area contributed by atoms with Gasteiger partial charge in [-0.3, -0.25) is 0 Å². The van der Waals surface area contributed by atoms with Gasteiger partial charge in [-0.15, -0.1) is 0 Å². The van der Waals surface area contributed by atoms with Gasteiger partial charge in [0.1, 0.15) is 11.5 Å². The number of piperidine rings is 1. The Balaban J connectivity index is 1.95. The number of ether oxygens (including phenoxy) is 2. The molecule has 27 heavy (non-hydrogen) atoms. The summed E-state index contributed by atoms with van der Waals surface area (Å²) in [4.78, 5) is 0. The van der Waals surface area contributed by atoms with Gasteiger partial charge in [0.2, 0.25) is 0 Å². The van der Waals surface area contributed by atoms with Crippen molar-refractivity contribution >= 4 is 5.71 Å². The van der Waals surface area contributed by atoms with E-state index >= 15 is 0 Å². The third-order valence-electron chi connectivity index (χ3n) is 5.38. The molecule has 1 fully saturated rings. The van der Waals surface area contributed by atoms with Crippen LogP contribution in [-0.4, -0.2) is 25.1 Å². The van der Waals surface area contributed by atoms with Crippen LogP contribution in [0.25, 0.3) is 0 Å². The lowest BCUT2D eigenvalue weighted by Gasteiger charge is -2.40. The van der Waals surface area contributed by atoms with Crippen LogP contribution in [0.4, 0.5) is 0 Å². The highest BCUT2D eigenvalue weighted by atomic mass is 16.5. The van der Waals surface area contributed by atoms with Crippen LogP contribution in [0.5, 0.6) is 11.5 Å². The molecule has 3 rings (SSSR count). The van der Waals surface area contributed by atoms with Gasteiger partial charge in [0.15, 0.2) is 0 Å². The number of hydrogen-bond acceptors (Lipinski definition) is 5. The molecule has 1 heterocycles. The van der Waals surface area contributed by atoms with Gasteiger partial charge >= 0.3 is 0 Å². The largest absolute Gasteiger partial charge is 0.497 e. The molecule has 0 spiro atoms. The van der Waals surface area contributed by atoms with Gasteiger partial charge in [-0.05, 0) is 41.3 Å². The van der Waals surface area contributed by atoms with Crippen LogP contribution in [-0.2, 0) is 0 Å². The van der Waals surface area contributed by atoms with Crippen LogP contribution in [0.2, 0.25) is 0 Å². The predicted molar refractivity (Wildman–Crippen MR) is 107 cm³/mol. The second-order valence-corrected chi connectivity index (χ2v) is 7.31. The first-order valence-corrected chi connectivity index (χ1v) is 9.32. The molecule has 144 valence electrons. The van der Waals surface area contributed by atoms with Crippen molar-refractivity contribution in [3.8, 4) is 11.5 Å². The Kier molecular flexibility index (Phi) is 6.01. The minimum absolute atomic E-state index is 0.0580. The van der Waals surface area contributed by atoms with Crippen molar-refractivity contribution < 1.29 is 14.7 Å². The lowest BCUT2D eigenvalue weighted by molar-refractivity contribution is 0.263. The third-order valence-corrected chi connectivity index (χ3v) is 5.38. The van der Waals surface area contributed by atoms with E-state index in [0.717, 1.165) is 28.3 Å². The van der Waals surface area contributed by atoms with E-state index in [2.05, 4.69) is 48.6 Å². The Hall–Kier alpha value is -2.53. The Morgan fingerprint density at radius 3 is 1.89 bits per heavy atom. The smallest absolute Gasteiger partial charge is 0.118 e. The molecule has 2 N–H and O–H groups in total. The summed E-state index contributed by atoms with van der Waals surface area (Å²) < 4.78 is 10.6. The van der Waals surface area contributed by atoms with Crippen molar-refractivity contribution in [2.24, 2.45) is 17.0 Å². The SMILES string of the molecule is COc1ccc([C@@H]2C/C(=N\O)[C@H](C(C)C)[C@@H](c3ccc(OC)cc3)N2)cc1. The quantitative estimate of drug-likeness (QED) is 0.599. The lowest BCUT2D eigenvalue weighted by Crippen LogP contribution is -2.44. The zero-order chi connectivity index (χ0) is 19.4. The normalized spacial score (nSPS) is 24.2. The highest BCUT2D eigenvalue weighted by molar-refractivity contribution is 5.89. The third kappa shape index (κ3) is 4.08. The Labute approximate surface area is 161 Å². The minimum Gasteiger partial charge on any atom is -0.497 e. The Morgan fingerprint density at radius 2 is 1.44 bits per heavy atom. The van der Waals surface area contributed by atoms with Gasteiger partial charge in [-0.25, -0.2) is 0 Å². The molecule has 3 atom stereocenters. The molecular formula is C22H28N2O3. The van der Waals surface area contributed by atoms with Crippen LogP contribution in [0.1, 0.15) is 43.5 Å². The van der Waals surface area contributed by atoms with Crippen LogP contribution >= 0.6 is 0 Å². The highest BCUT2D eigenvalue weighted by Crippen LogP contribution is 2.39. The molecular weight excluding hydrogens is 340 g/mol. The molecule has 2 aromatic carbocycles. The summed E-state index contributed by atoms with van der Waals surface area (Å²) in [6.07, 6.45) is 0.679. The van der Waals surface area contributed by atoms with Crippen LogP contribution in [0.15, 0.2) is 53.7 Å². The van der Waals surface area contributed by atoms with Gasteiger partial charge in [0.25, 0.3) is 0 Å². The first-order valence-electron chi connectivity index (χ1n) is 9.32. The summed E-state index contributed by atoms with van der Waals surface area (Å²) >= 11 is 0. The monoisotopic (exact) mass is 368 g/mol. The Morgan fingerprint density at radius 1 is 0.926 bits per heavy atom. The fourth-order valence-corrected chi connectivity index (χ4v) is 3.96. The van der Waals surface area contributed by atoms with E-state index in [1.807, 2.05) is 24.3 Å². The van der Waals surface area contributed by atoms with Crippen molar-refractivity contribution in [2.75, 3.05) is 14.2 Å². The maximum atomic E-state index is 9.72. The van der Waals surface area contributed by atoms with Crippen molar-refractivity contribution in [1.82, 2.24) is 5.32 Å². The Bertz CT molecular complexity index is 769. The molecule has 1 aliphatic rings. The van der Waals surface area contributed by atoms with Gasteiger partial charge in [-0.1, -0.05) is 43.3 Å². The number of methoxy groups -OCH3 is 2. The molecule has 0 bridgehead atoms. The molecule has 0 saturated carbocycles. The fourth-order valence-electron chi connectivity index (χ4n) is 3.96. The molecule has 0 amide bonds. The maximum Gasteiger partial charge on any atom is 0.118 e. The van der Waals surface area contributed by atoms with Gasteiger partial charge < -0.3 is 20.0 Å². The number of benzene rings is 2. The first kappa shape index (κ1) is 19.2. The summed E-state index contributed by atoms with van der Waals surface area (Å²) in [5, 5.41) is 17.2. The molecule has 5 heteroatoms. The van der Waals surface area contributed by atoms with Crippen molar-refractivity contribution in [3.05, 3.63) is 59.7 Å². The summed E-state index contributed by atoms with van der Waals surface area (Å²) in [5.74, 6) is 2.13. The molecule has 2 aromatic rings.